The Morgan fingerprint density at radius 2 is 2.17 bits per heavy atom. The third-order valence-electron chi connectivity index (χ3n) is 3.11. The van der Waals surface area contributed by atoms with E-state index in [0.717, 1.165) is 5.56 Å². The van der Waals surface area contributed by atoms with Gasteiger partial charge in [-0.05, 0) is 35.8 Å². The van der Waals surface area contributed by atoms with E-state index in [1.54, 1.807) is 35.3 Å². The first-order valence-corrected chi connectivity index (χ1v) is 7.59. The summed E-state index contributed by atoms with van der Waals surface area (Å²) >= 11 is 5.83. The summed E-state index contributed by atoms with van der Waals surface area (Å²) in [6, 6.07) is 8.59. The van der Waals surface area contributed by atoms with E-state index < -0.39 is 6.09 Å². The highest BCUT2D eigenvalue weighted by Gasteiger charge is 2.11. The fourth-order valence-electron chi connectivity index (χ4n) is 1.97. The van der Waals surface area contributed by atoms with Crippen molar-refractivity contribution in [1.29, 1.82) is 0 Å². The number of hydrogen-bond acceptors (Lipinski definition) is 6. The Hall–Kier alpha value is -2.87. The number of nitrogens with one attached hydrogen (secondary N) is 1. The van der Waals surface area contributed by atoms with Crippen LogP contribution in [0.1, 0.15) is 6.42 Å². The third kappa shape index (κ3) is 4.32. The average Bonchev–Trinajstić information content (AvgIpc) is 3.24. The fourth-order valence-corrected chi connectivity index (χ4v) is 2.09. The zero-order valence-corrected chi connectivity index (χ0v) is 13.3. The lowest BCUT2D eigenvalue weighted by Crippen LogP contribution is -2.28. The largest absolute Gasteiger partial charge is 0.414 e. The summed E-state index contributed by atoms with van der Waals surface area (Å²) in [5, 5.41) is 10.9. The van der Waals surface area contributed by atoms with Gasteiger partial charge in [-0.25, -0.2) is 9.78 Å². The van der Waals surface area contributed by atoms with Crippen molar-refractivity contribution < 1.29 is 14.1 Å². The molecule has 9 heteroatoms. The zero-order valence-electron chi connectivity index (χ0n) is 12.6. The summed E-state index contributed by atoms with van der Waals surface area (Å²) in [7, 11) is 0. The molecule has 0 radical (unpaired) electrons. The molecule has 0 atom stereocenters. The molecule has 1 amide bonds. The monoisotopic (exact) mass is 347 g/mol. The minimum atomic E-state index is -0.593. The molecule has 0 aliphatic carbocycles. The lowest BCUT2D eigenvalue weighted by atomic mass is 10.2. The first-order valence-electron chi connectivity index (χ1n) is 7.21. The molecule has 3 aromatic rings. The summed E-state index contributed by atoms with van der Waals surface area (Å²) in [5.74, 6) is 0.578. The van der Waals surface area contributed by atoms with E-state index in [1.807, 2.05) is 0 Å². The maximum atomic E-state index is 11.7. The van der Waals surface area contributed by atoms with Crippen molar-refractivity contribution in [3.8, 4) is 17.2 Å². The molecule has 1 N–H and O–H groups in total. The van der Waals surface area contributed by atoms with Gasteiger partial charge in [-0.1, -0.05) is 11.6 Å². The fraction of sp³-hybridized carbons (Fsp3) is 0.200. The zero-order chi connectivity index (χ0) is 16.8. The number of aromatic nitrogens is 4. The van der Waals surface area contributed by atoms with E-state index in [2.05, 4.69) is 20.6 Å². The van der Waals surface area contributed by atoms with Gasteiger partial charge in [0.05, 0.1) is 6.07 Å². The molecule has 0 aliphatic rings. The number of carbonyl (C=O) groups excluding carboxylic acids is 1. The molecule has 8 nitrogen and oxygen atoms in total. The van der Waals surface area contributed by atoms with Gasteiger partial charge in [-0.3, -0.25) is 4.68 Å². The van der Waals surface area contributed by atoms with E-state index in [9.17, 15) is 4.79 Å². The molecule has 0 spiro atoms. The van der Waals surface area contributed by atoms with Crippen molar-refractivity contribution in [2.45, 2.75) is 13.0 Å². The molecule has 0 saturated heterocycles. The Morgan fingerprint density at radius 1 is 1.33 bits per heavy atom. The van der Waals surface area contributed by atoms with E-state index >= 15 is 0 Å². The van der Waals surface area contributed by atoms with E-state index in [4.69, 9.17) is 20.9 Å². The molecule has 0 fully saturated rings. The normalized spacial score (nSPS) is 10.5. The highest BCUT2D eigenvalue weighted by molar-refractivity contribution is 6.30. The topological polar surface area (TPSA) is 95.1 Å². The Balaban J connectivity index is 1.45. The summed E-state index contributed by atoms with van der Waals surface area (Å²) in [4.78, 5) is 15.5. The smallest absolute Gasteiger partial charge is 0.388 e. The quantitative estimate of drug-likeness (QED) is 0.689. The Kier molecular flexibility index (Phi) is 5.07. The Morgan fingerprint density at radius 3 is 2.92 bits per heavy atom. The molecule has 124 valence electrons. The lowest BCUT2D eigenvalue weighted by molar-refractivity contribution is 0.195. The summed E-state index contributed by atoms with van der Waals surface area (Å²) in [6.07, 6.45) is 3.19. The number of halogens is 1. The van der Waals surface area contributed by atoms with Crippen LogP contribution in [0.15, 0.2) is 47.5 Å². The van der Waals surface area contributed by atoms with Gasteiger partial charge >= 0.3 is 6.09 Å². The predicted octanol–water partition coefficient (Wildman–Crippen LogP) is 2.77. The molecule has 2 heterocycles. The van der Waals surface area contributed by atoms with Gasteiger partial charge < -0.3 is 14.6 Å². The van der Waals surface area contributed by atoms with Gasteiger partial charge in [-0.15, -0.1) is 0 Å². The Labute approximate surface area is 142 Å². The highest BCUT2D eigenvalue weighted by atomic mass is 35.5. The van der Waals surface area contributed by atoms with Crippen LogP contribution in [0.3, 0.4) is 0 Å². The van der Waals surface area contributed by atoms with Crippen molar-refractivity contribution in [3.63, 3.8) is 0 Å². The third-order valence-corrected chi connectivity index (χ3v) is 3.37. The van der Waals surface area contributed by atoms with Crippen LogP contribution in [0.25, 0.3) is 11.3 Å². The molecule has 2 aromatic heterocycles. The van der Waals surface area contributed by atoms with Crippen LogP contribution in [-0.4, -0.2) is 32.6 Å². The van der Waals surface area contributed by atoms with E-state index in [-0.39, 0.29) is 5.88 Å². The number of rotatable bonds is 6. The molecule has 24 heavy (non-hydrogen) atoms. The van der Waals surface area contributed by atoms with Crippen molar-refractivity contribution in [2.24, 2.45) is 0 Å². The number of carbonyl (C=O) groups is 1. The van der Waals surface area contributed by atoms with Crippen LogP contribution < -0.4 is 10.1 Å². The second kappa shape index (κ2) is 7.60. The molecule has 0 unspecified atom stereocenters. The molecule has 0 bridgehead atoms. The SMILES string of the molecule is O=C(NCCCn1cncn1)Oc1cc(-c2ccc(Cl)cc2)on1. The first-order chi connectivity index (χ1) is 11.7. The Bertz CT molecular complexity index is 786. The van der Waals surface area contributed by atoms with Crippen LogP contribution in [-0.2, 0) is 6.54 Å². The van der Waals surface area contributed by atoms with Crippen LogP contribution in [0, 0.1) is 0 Å². The van der Waals surface area contributed by atoms with Crippen molar-refractivity contribution in [2.75, 3.05) is 6.54 Å². The van der Waals surface area contributed by atoms with Gasteiger partial charge in [0.1, 0.15) is 12.7 Å². The lowest BCUT2D eigenvalue weighted by Gasteiger charge is -2.03. The maximum Gasteiger partial charge on any atom is 0.414 e. The van der Waals surface area contributed by atoms with Gasteiger partial charge in [-0.2, -0.15) is 5.10 Å². The van der Waals surface area contributed by atoms with Gasteiger partial charge in [0.15, 0.2) is 5.76 Å². The molecule has 0 saturated carbocycles. The minimum Gasteiger partial charge on any atom is -0.388 e. The van der Waals surface area contributed by atoms with Crippen LogP contribution >= 0.6 is 11.6 Å². The van der Waals surface area contributed by atoms with Crippen LogP contribution in [0.4, 0.5) is 4.79 Å². The van der Waals surface area contributed by atoms with Crippen molar-refractivity contribution in [1.82, 2.24) is 25.2 Å². The maximum absolute atomic E-state index is 11.7. The number of aryl methyl sites for hydroxylation is 1. The second-order valence-electron chi connectivity index (χ2n) is 4.86. The van der Waals surface area contributed by atoms with E-state index in [0.29, 0.717) is 30.3 Å². The van der Waals surface area contributed by atoms with Crippen molar-refractivity contribution >= 4 is 17.7 Å². The summed E-state index contributed by atoms with van der Waals surface area (Å²) in [5.41, 5.74) is 0.787. The summed E-state index contributed by atoms with van der Waals surface area (Å²) < 4.78 is 11.9. The van der Waals surface area contributed by atoms with Crippen molar-refractivity contribution in [3.05, 3.63) is 48.0 Å². The molecule has 3 rings (SSSR count). The standard InChI is InChI=1S/C15H14ClN5O3/c16-12-4-2-11(3-5-12)13-8-14(20-24-13)23-15(22)18-6-1-7-21-10-17-9-19-21/h2-5,8-10H,1,6-7H2,(H,18,22). The molecule has 0 aliphatic heterocycles. The van der Waals surface area contributed by atoms with Gasteiger partial charge in [0.25, 0.3) is 5.88 Å². The number of ether oxygens (including phenoxy) is 1. The van der Waals surface area contributed by atoms with E-state index in [1.165, 1.54) is 12.4 Å². The average molecular weight is 348 g/mol. The number of hydrogen-bond donors (Lipinski definition) is 1. The molecular weight excluding hydrogens is 334 g/mol. The molecule has 1 aromatic carbocycles. The van der Waals surface area contributed by atoms with Crippen LogP contribution in [0.5, 0.6) is 5.88 Å². The number of amides is 1. The summed E-state index contributed by atoms with van der Waals surface area (Å²) in [6.45, 7) is 1.10. The number of nitrogens with zero attached hydrogens (tertiary/aromatic N) is 4. The predicted molar refractivity (Wildman–Crippen MR) is 85.6 cm³/mol. The molecular formula is C15H14ClN5O3. The van der Waals surface area contributed by atoms with Gasteiger partial charge in [0.2, 0.25) is 0 Å². The number of benzene rings is 1. The minimum absolute atomic E-state index is 0.0914. The van der Waals surface area contributed by atoms with Crippen LogP contribution in [0.2, 0.25) is 5.02 Å². The second-order valence-corrected chi connectivity index (χ2v) is 5.30. The first kappa shape index (κ1) is 16.0. The highest BCUT2D eigenvalue weighted by Crippen LogP contribution is 2.24. The van der Waals surface area contributed by atoms with Gasteiger partial charge in [0, 0.05) is 23.7 Å².